The molecule has 0 aromatic heterocycles. The van der Waals surface area contributed by atoms with Gasteiger partial charge >= 0.3 is 0 Å². The summed E-state index contributed by atoms with van der Waals surface area (Å²) in [6, 6.07) is 11.7. The molecule has 0 aliphatic carbocycles. The van der Waals surface area contributed by atoms with Gasteiger partial charge in [-0.2, -0.15) is 5.26 Å². The molecule has 0 amide bonds. The summed E-state index contributed by atoms with van der Waals surface area (Å²) < 4.78 is 28.1. The van der Waals surface area contributed by atoms with Crippen molar-refractivity contribution in [2.75, 3.05) is 21.3 Å². The number of para-hydroxylation sites is 2. The fourth-order valence-electron chi connectivity index (χ4n) is 5.40. The highest BCUT2D eigenvalue weighted by Crippen LogP contribution is 2.50. The Morgan fingerprint density at radius 1 is 1.05 bits per heavy atom. The molecule has 1 aliphatic heterocycles. The summed E-state index contributed by atoms with van der Waals surface area (Å²) >= 11 is 0. The Morgan fingerprint density at radius 3 is 2.13 bits per heavy atom. The van der Waals surface area contributed by atoms with E-state index in [-0.39, 0.29) is 25.2 Å². The van der Waals surface area contributed by atoms with Crippen molar-refractivity contribution in [3.8, 4) is 34.8 Å². The smallest absolute Gasteiger partial charge is 0.248 e. The standard InChI is InChI=1S/C28H36N2O8/c1-6-18(7-2)28(17-29,19-12-13-24(34-3)27(36-5)26(19)35-4)15-14-21(31)20(30(32)33)16-25-37-22-10-8-9-11-23(22)38-25/h8-13,18,20-21,25,31H,6-7,14-16H2,1-5H3. The molecule has 3 atom stereocenters. The SMILES string of the molecule is CCC(CC)C(C#N)(CCC(O)C(CC1Oc2ccccc2O1)[N+](=O)[O-])c1ccc(OC)c(OC)c1OC. The lowest BCUT2D eigenvalue weighted by atomic mass is 9.65. The van der Waals surface area contributed by atoms with Crippen molar-refractivity contribution in [2.24, 2.45) is 5.92 Å². The van der Waals surface area contributed by atoms with Gasteiger partial charge in [0.25, 0.3) is 0 Å². The van der Waals surface area contributed by atoms with Crippen molar-refractivity contribution in [2.45, 2.75) is 69.8 Å². The van der Waals surface area contributed by atoms with Crippen LogP contribution in [-0.2, 0) is 5.41 Å². The first-order valence-corrected chi connectivity index (χ1v) is 12.7. The number of hydrogen-bond acceptors (Lipinski definition) is 9. The van der Waals surface area contributed by atoms with Crippen LogP contribution >= 0.6 is 0 Å². The maximum atomic E-state index is 12.0. The van der Waals surface area contributed by atoms with Crippen LogP contribution in [0.1, 0.15) is 51.5 Å². The van der Waals surface area contributed by atoms with Gasteiger partial charge in [-0.1, -0.05) is 38.8 Å². The van der Waals surface area contributed by atoms with E-state index >= 15 is 0 Å². The van der Waals surface area contributed by atoms with Crippen LogP contribution < -0.4 is 23.7 Å². The molecule has 3 unspecified atom stereocenters. The van der Waals surface area contributed by atoms with Gasteiger partial charge in [-0.15, -0.1) is 0 Å². The number of methoxy groups -OCH3 is 3. The number of ether oxygens (including phenoxy) is 5. The number of nitriles is 1. The average molecular weight is 529 g/mol. The summed E-state index contributed by atoms with van der Waals surface area (Å²) in [5, 5.41) is 33.7. The summed E-state index contributed by atoms with van der Waals surface area (Å²) in [4.78, 5) is 11.5. The topological polar surface area (TPSA) is 133 Å². The van der Waals surface area contributed by atoms with Gasteiger partial charge < -0.3 is 28.8 Å². The molecule has 1 heterocycles. The zero-order valence-electron chi connectivity index (χ0n) is 22.5. The van der Waals surface area contributed by atoms with E-state index in [1.807, 2.05) is 13.8 Å². The van der Waals surface area contributed by atoms with Crippen LogP contribution in [0.2, 0.25) is 0 Å². The molecule has 1 aliphatic rings. The van der Waals surface area contributed by atoms with Gasteiger partial charge in [0.2, 0.25) is 18.1 Å². The first-order chi connectivity index (χ1) is 18.3. The third kappa shape index (κ3) is 5.58. The Kier molecular flexibility index (Phi) is 9.64. The Labute approximate surface area is 223 Å². The minimum Gasteiger partial charge on any atom is -0.493 e. The van der Waals surface area contributed by atoms with Gasteiger partial charge in [0.1, 0.15) is 6.10 Å². The molecule has 10 nitrogen and oxygen atoms in total. The number of fused-ring (bicyclic) bond motifs is 1. The normalized spacial score (nSPS) is 15.8. The van der Waals surface area contributed by atoms with Crippen molar-refractivity contribution in [1.29, 1.82) is 5.26 Å². The highest BCUT2D eigenvalue weighted by molar-refractivity contribution is 5.59. The van der Waals surface area contributed by atoms with Gasteiger partial charge in [0, 0.05) is 10.5 Å². The van der Waals surface area contributed by atoms with Crippen molar-refractivity contribution in [3.63, 3.8) is 0 Å². The van der Waals surface area contributed by atoms with E-state index in [0.717, 1.165) is 0 Å². The average Bonchev–Trinajstić information content (AvgIpc) is 3.35. The largest absolute Gasteiger partial charge is 0.493 e. The molecule has 3 rings (SSSR count). The van der Waals surface area contributed by atoms with Crippen LogP contribution in [0.25, 0.3) is 0 Å². The minimum absolute atomic E-state index is 0.00682. The predicted molar refractivity (Wildman–Crippen MR) is 140 cm³/mol. The van der Waals surface area contributed by atoms with E-state index in [0.29, 0.717) is 47.2 Å². The van der Waals surface area contributed by atoms with Crippen LogP contribution in [0.15, 0.2) is 36.4 Å². The van der Waals surface area contributed by atoms with E-state index in [9.17, 15) is 20.5 Å². The fourth-order valence-corrected chi connectivity index (χ4v) is 5.40. The van der Waals surface area contributed by atoms with E-state index in [4.69, 9.17) is 23.7 Å². The second-order valence-corrected chi connectivity index (χ2v) is 9.28. The highest BCUT2D eigenvalue weighted by Gasteiger charge is 2.45. The van der Waals surface area contributed by atoms with E-state index in [1.165, 1.54) is 21.3 Å². The zero-order valence-corrected chi connectivity index (χ0v) is 22.5. The second-order valence-electron chi connectivity index (χ2n) is 9.28. The summed E-state index contributed by atoms with van der Waals surface area (Å²) in [7, 11) is 4.50. The van der Waals surface area contributed by atoms with Crippen LogP contribution in [0.5, 0.6) is 28.7 Å². The van der Waals surface area contributed by atoms with Gasteiger partial charge in [-0.3, -0.25) is 10.1 Å². The number of benzene rings is 2. The molecule has 0 radical (unpaired) electrons. The van der Waals surface area contributed by atoms with E-state index in [2.05, 4.69) is 6.07 Å². The predicted octanol–water partition coefficient (Wildman–Crippen LogP) is 4.88. The number of aliphatic hydroxyl groups is 1. The maximum Gasteiger partial charge on any atom is 0.248 e. The number of nitrogens with zero attached hydrogens (tertiary/aromatic N) is 2. The Morgan fingerprint density at radius 2 is 1.66 bits per heavy atom. The summed E-state index contributed by atoms with van der Waals surface area (Å²) in [5.41, 5.74) is -0.510. The monoisotopic (exact) mass is 528 g/mol. The number of hydrogen-bond donors (Lipinski definition) is 1. The van der Waals surface area contributed by atoms with Crippen molar-refractivity contribution in [1.82, 2.24) is 0 Å². The number of rotatable bonds is 14. The minimum atomic E-state index is -1.35. The molecule has 0 fully saturated rings. The molecule has 10 heteroatoms. The molecule has 0 bridgehead atoms. The second kappa shape index (κ2) is 12.7. The molecule has 206 valence electrons. The van der Waals surface area contributed by atoms with Crippen molar-refractivity contribution < 1.29 is 33.7 Å². The highest BCUT2D eigenvalue weighted by atomic mass is 16.7. The molecule has 38 heavy (non-hydrogen) atoms. The lowest BCUT2D eigenvalue weighted by Crippen LogP contribution is -2.41. The van der Waals surface area contributed by atoms with E-state index < -0.39 is 28.8 Å². The van der Waals surface area contributed by atoms with Crippen molar-refractivity contribution >= 4 is 0 Å². The van der Waals surface area contributed by atoms with Gasteiger partial charge in [-0.25, -0.2) is 0 Å². The molecule has 0 saturated carbocycles. The van der Waals surface area contributed by atoms with E-state index in [1.54, 1.807) is 36.4 Å². The van der Waals surface area contributed by atoms with Crippen LogP contribution in [0.4, 0.5) is 0 Å². The summed E-state index contributed by atoms with van der Waals surface area (Å²) in [5.74, 6) is 2.08. The Hall–Kier alpha value is -3.71. The molecular weight excluding hydrogens is 492 g/mol. The van der Waals surface area contributed by atoms with Crippen LogP contribution in [0, 0.1) is 27.4 Å². The van der Waals surface area contributed by atoms with Gasteiger partial charge in [0.15, 0.2) is 23.0 Å². The Balaban J connectivity index is 1.90. The number of nitro groups is 1. The first-order valence-electron chi connectivity index (χ1n) is 12.7. The molecule has 2 aromatic carbocycles. The fraction of sp³-hybridized carbons (Fsp3) is 0.536. The lowest BCUT2D eigenvalue weighted by molar-refractivity contribution is -0.538. The third-order valence-electron chi connectivity index (χ3n) is 7.42. The number of aliphatic hydroxyl groups excluding tert-OH is 1. The molecule has 1 N–H and O–H groups in total. The molecule has 0 saturated heterocycles. The molecule has 2 aromatic rings. The summed E-state index contributed by atoms with van der Waals surface area (Å²) in [6.45, 7) is 3.99. The van der Waals surface area contributed by atoms with Crippen molar-refractivity contribution in [3.05, 3.63) is 52.1 Å². The van der Waals surface area contributed by atoms with Crippen LogP contribution in [0.3, 0.4) is 0 Å². The van der Waals surface area contributed by atoms with Gasteiger partial charge in [-0.05, 0) is 43.0 Å². The molecular formula is C28H36N2O8. The Bertz CT molecular complexity index is 1120. The lowest BCUT2D eigenvalue weighted by Gasteiger charge is -2.37. The quantitative estimate of drug-likeness (QED) is 0.269. The maximum absolute atomic E-state index is 12.0. The molecule has 0 spiro atoms. The first kappa shape index (κ1) is 28.9. The third-order valence-corrected chi connectivity index (χ3v) is 7.42. The van der Waals surface area contributed by atoms with Crippen LogP contribution in [-0.4, -0.2) is 49.8 Å². The van der Waals surface area contributed by atoms with Gasteiger partial charge in [0.05, 0.1) is 39.2 Å². The summed E-state index contributed by atoms with van der Waals surface area (Å²) in [6.07, 6.45) is -0.839. The zero-order chi connectivity index (χ0) is 27.9.